The van der Waals surface area contributed by atoms with Crippen LogP contribution in [0, 0.1) is 0 Å². The fraction of sp³-hybridized carbons (Fsp3) is 0.444. The van der Waals surface area contributed by atoms with Gasteiger partial charge < -0.3 is 9.72 Å². The van der Waals surface area contributed by atoms with Crippen molar-refractivity contribution in [1.29, 1.82) is 0 Å². The Labute approximate surface area is 158 Å². The van der Waals surface area contributed by atoms with E-state index in [0.717, 1.165) is 30.9 Å². The van der Waals surface area contributed by atoms with Gasteiger partial charge in [0, 0.05) is 38.9 Å². The first kappa shape index (κ1) is 19.9. The number of fused-ring (bicyclic) bond motifs is 1. The van der Waals surface area contributed by atoms with Gasteiger partial charge in [-0.25, -0.2) is 4.98 Å². The number of hydrogen-bond donors (Lipinski definition) is 1. The molecular weight excluding hydrogens is 379 g/mol. The highest BCUT2D eigenvalue weighted by atomic mass is 32.2. The fourth-order valence-corrected chi connectivity index (χ4v) is 3.75. The maximum absolute atomic E-state index is 12.8. The van der Waals surface area contributed by atoms with Crippen LogP contribution in [0.25, 0.3) is 0 Å². The molecule has 3 rings (SSSR count). The van der Waals surface area contributed by atoms with Crippen molar-refractivity contribution in [3.05, 3.63) is 57.0 Å². The molecule has 0 amide bonds. The Kier molecular flexibility index (Phi) is 6.23. The van der Waals surface area contributed by atoms with E-state index in [4.69, 9.17) is 4.74 Å². The molecule has 0 bridgehead atoms. The molecule has 5 nitrogen and oxygen atoms in total. The molecule has 1 aromatic heterocycles. The molecule has 1 aromatic carbocycles. The largest absolute Gasteiger partial charge is 0.416 e. The molecule has 0 unspecified atom stereocenters. The summed E-state index contributed by atoms with van der Waals surface area (Å²) in [5, 5.41) is 0.432. The highest BCUT2D eigenvalue weighted by Gasteiger charge is 2.30. The van der Waals surface area contributed by atoms with Crippen LogP contribution >= 0.6 is 11.8 Å². The number of H-pyrrole nitrogens is 1. The summed E-state index contributed by atoms with van der Waals surface area (Å²) in [6.07, 6.45) is -3.70. The van der Waals surface area contributed by atoms with E-state index in [1.807, 2.05) is 0 Å². The summed E-state index contributed by atoms with van der Waals surface area (Å²) in [6, 6.07) is 5.18. The van der Waals surface area contributed by atoms with Gasteiger partial charge in [-0.1, -0.05) is 30.0 Å². The van der Waals surface area contributed by atoms with Crippen molar-refractivity contribution < 1.29 is 17.9 Å². The maximum atomic E-state index is 12.8. The number of aromatic nitrogens is 2. The topological polar surface area (TPSA) is 58.2 Å². The van der Waals surface area contributed by atoms with Crippen LogP contribution in [0.15, 0.2) is 34.2 Å². The van der Waals surface area contributed by atoms with E-state index in [1.165, 1.54) is 17.8 Å². The summed E-state index contributed by atoms with van der Waals surface area (Å²) in [5.74, 6) is 0.297. The lowest BCUT2D eigenvalue weighted by molar-refractivity contribution is -0.137. The zero-order valence-electron chi connectivity index (χ0n) is 14.8. The van der Waals surface area contributed by atoms with E-state index >= 15 is 0 Å². The first-order valence-electron chi connectivity index (χ1n) is 8.49. The quantitative estimate of drug-likeness (QED) is 0.598. The van der Waals surface area contributed by atoms with Gasteiger partial charge >= 0.3 is 6.18 Å². The summed E-state index contributed by atoms with van der Waals surface area (Å²) >= 11 is 1.23. The zero-order chi connectivity index (χ0) is 19.4. The minimum absolute atomic E-state index is 0.186. The van der Waals surface area contributed by atoms with Crippen molar-refractivity contribution in [1.82, 2.24) is 14.9 Å². The molecule has 0 radical (unpaired) electrons. The Bertz CT molecular complexity index is 854. The lowest BCUT2D eigenvalue weighted by Gasteiger charge is -2.27. The molecule has 0 fully saturated rings. The van der Waals surface area contributed by atoms with E-state index in [1.54, 1.807) is 13.2 Å². The van der Waals surface area contributed by atoms with Gasteiger partial charge in [-0.3, -0.25) is 9.69 Å². The number of thioether (sulfide) groups is 1. The molecule has 146 valence electrons. The van der Waals surface area contributed by atoms with Gasteiger partial charge in [-0.2, -0.15) is 13.2 Å². The Balaban J connectivity index is 1.69. The molecule has 1 aliphatic heterocycles. The SMILES string of the molecule is COCCN1CCc2nc(SCc3cccc(C(F)(F)F)c3)[nH]c(=O)c2C1. The van der Waals surface area contributed by atoms with Gasteiger partial charge in [0.1, 0.15) is 0 Å². The standard InChI is InChI=1S/C18H20F3N3O2S/c1-26-8-7-24-6-5-15-14(10-24)16(25)23-17(22-15)27-11-12-3-2-4-13(9-12)18(19,20)21/h2-4,9H,5-8,10-11H2,1H3,(H,22,23,25). The van der Waals surface area contributed by atoms with Crippen molar-refractivity contribution in [2.24, 2.45) is 0 Å². The van der Waals surface area contributed by atoms with E-state index in [9.17, 15) is 18.0 Å². The van der Waals surface area contributed by atoms with Crippen molar-refractivity contribution in [3.63, 3.8) is 0 Å². The first-order valence-corrected chi connectivity index (χ1v) is 9.47. The van der Waals surface area contributed by atoms with Gasteiger partial charge in [0.25, 0.3) is 5.56 Å². The first-order chi connectivity index (χ1) is 12.9. The lowest BCUT2D eigenvalue weighted by Crippen LogP contribution is -2.37. The normalized spacial score (nSPS) is 15.0. The van der Waals surface area contributed by atoms with Crippen LogP contribution in [-0.2, 0) is 29.6 Å². The minimum atomic E-state index is -4.37. The summed E-state index contributed by atoms with van der Waals surface area (Å²) in [5.41, 5.74) is 1.08. The second kappa shape index (κ2) is 8.45. The van der Waals surface area contributed by atoms with Gasteiger partial charge in [-0.15, -0.1) is 0 Å². The monoisotopic (exact) mass is 399 g/mol. The summed E-state index contributed by atoms with van der Waals surface area (Å²) in [4.78, 5) is 21.8. The number of nitrogens with one attached hydrogen (secondary N) is 1. The van der Waals surface area contributed by atoms with Crippen LogP contribution in [0.1, 0.15) is 22.4 Å². The molecule has 27 heavy (non-hydrogen) atoms. The maximum Gasteiger partial charge on any atom is 0.416 e. The lowest BCUT2D eigenvalue weighted by atomic mass is 10.1. The molecule has 0 saturated carbocycles. The predicted molar refractivity (Wildman–Crippen MR) is 96.7 cm³/mol. The third-order valence-electron chi connectivity index (χ3n) is 4.37. The predicted octanol–water partition coefficient (Wildman–Crippen LogP) is 3.09. The smallest absolute Gasteiger partial charge is 0.383 e. The number of halogens is 3. The molecule has 2 heterocycles. The average Bonchev–Trinajstić information content (AvgIpc) is 2.64. The van der Waals surface area contributed by atoms with Crippen molar-refractivity contribution >= 4 is 11.8 Å². The van der Waals surface area contributed by atoms with Crippen LogP contribution in [0.3, 0.4) is 0 Å². The van der Waals surface area contributed by atoms with Gasteiger partial charge in [0.2, 0.25) is 0 Å². The zero-order valence-corrected chi connectivity index (χ0v) is 15.6. The van der Waals surface area contributed by atoms with Crippen molar-refractivity contribution in [2.45, 2.75) is 30.1 Å². The highest BCUT2D eigenvalue weighted by Crippen LogP contribution is 2.30. The molecule has 1 N–H and O–H groups in total. The van der Waals surface area contributed by atoms with E-state index < -0.39 is 11.7 Å². The average molecular weight is 399 g/mol. The van der Waals surface area contributed by atoms with Crippen molar-refractivity contribution in [3.8, 4) is 0 Å². The number of rotatable bonds is 6. The van der Waals surface area contributed by atoms with E-state index in [0.29, 0.717) is 41.6 Å². The Morgan fingerprint density at radius 1 is 1.37 bits per heavy atom. The van der Waals surface area contributed by atoms with Crippen molar-refractivity contribution in [2.75, 3.05) is 26.8 Å². The number of methoxy groups -OCH3 is 1. The summed E-state index contributed by atoms with van der Waals surface area (Å²) < 4.78 is 43.5. The van der Waals surface area contributed by atoms with Gasteiger partial charge in [0.05, 0.1) is 23.4 Å². The molecule has 1 aliphatic rings. The molecule has 0 spiro atoms. The molecule has 9 heteroatoms. The number of nitrogens with zero attached hydrogens (tertiary/aromatic N) is 2. The third kappa shape index (κ3) is 5.12. The van der Waals surface area contributed by atoms with Crippen LogP contribution in [0.2, 0.25) is 0 Å². The van der Waals surface area contributed by atoms with Crippen LogP contribution in [-0.4, -0.2) is 41.7 Å². The van der Waals surface area contributed by atoms with Crippen LogP contribution < -0.4 is 5.56 Å². The number of benzene rings is 1. The molecular formula is C18H20F3N3O2S. The minimum Gasteiger partial charge on any atom is -0.383 e. The molecule has 0 aliphatic carbocycles. The fourth-order valence-electron chi connectivity index (χ4n) is 2.93. The van der Waals surface area contributed by atoms with E-state index in [2.05, 4.69) is 14.9 Å². The van der Waals surface area contributed by atoms with Gasteiger partial charge in [-0.05, 0) is 11.6 Å². The Morgan fingerprint density at radius 2 is 2.19 bits per heavy atom. The third-order valence-corrected chi connectivity index (χ3v) is 5.31. The van der Waals surface area contributed by atoms with E-state index in [-0.39, 0.29) is 5.56 Å². The Hall–Kier alpha value is -1.84. The summed E-state index contributed by atoms with van der Waals surface area (Å²) in [7, 11) is 1.64. The second-order valence-corrected chi connectivity index (χ2v) is 7.27. The number of alkyl halides is 3. The number of hydrogen-bond acceptors (Lipinski definition) is 5. The highest BCUT2D eigenvalue weighted by molar-refractivity contribution is 7.98. The molecule has 2 aromatic rings. The molecule has 0 atom stereocenters. The number of aromatic amines is 1. The molecule has 0 saturated heterocycles. The van der Waals surface area contributed by atoms with Crippen LogP contribution in [0.5, 0.6) is 0 Å². The van der Waals surface area contributed by atoms with Crippen LogP contribution in [0.4, 0.5) is 13.2 Å². The second-order valence-electron chi connectivity index (χ2n) is 6.30. The Morgan fingerprint density at radius 3 is 2.93 bits per heavy atom. The van der Waals surface area contributed by atoms with Gasteiger partial charge in [0.15, 0.2) is 5.16 Å². The summed E-state index contributed by atoms with van der Waals surface area (Å²) in [6.45, 7) is 2.68. The number of ether oxygens (including phenoxy) is 1.